The molecule has 0 saturated heterocycles. The second-order valence-corrected chi connectivity index (χ2v) is 14.8. The number of carbonyl (C=O) groups excluding carboxylic acids is 1. The van der Waals surface area contributed by atoms with Crippen LogP contribution in [0.5, 0.6) is 28.7 Å². The van der Waals surface area contributed by atoms with Crippen molar-refractivity contribution >= 4 is 45.2 Å². The largest absolute Gasteiger partial charge is 0.505 e. The van der Waals surface area contributed by atoms with Crippen molar-refractivity contribution in [3.63, 3.8) is 0 Å². The summed E-state index contributed by atoms with van der Waals surface area (Å²) in [7, 11) is 5.06. The maximum absolute atomic E-state index is 13.7. The number of nitrogens with zero attached hydrogens (tertiary/aromatic N) is 3. The van der Waals surface area contributed by atoms with Crippen LogP contribution in [0.3, 0.4) is 0 Å². The van der Waals surface area contributed by atoms with Gasteiger partial charge in [0.2, 0.25) is 40.8 Å². The number of hydrogen-bond donors (Lipinski definition) is 3. The molecule has 69 heavy (non-hydrogen) atoms. The number of anilines is 2. The number of nitrogen functional groups attached to an aromatic ring is 1. The fraction of sp³-hybridized carbons (Fsp3) is 0.283. The Hall–Kier alpha value is -7.85. The van der Waals surface area contributed by atoms with Gasteiger partial charge in [-0.25, -0.2) is 18.7 Å². The summed E-state index contributed by atoms with van der Waals surface area (Å²) in [5, 5.41) is 21.5. The van der Waals surface area contributed by atoms with Crippen LogP contribution in [0.2, 0.25) is 0 Å². The van der Waals surface area contributed by atoms with E-state index in [0.29, 0.717) is 22.8 Å². The zero-order chi connectivity index (χ0) is 52.0. The summed E-state index contributed by atoms with van der Waals surface area (Å²) in [5.74, 6) is -8.79. The van der Waals surface area contributed by atoms with Gasteiger partial charge in [0.05, 0.1) is 44.7 Å². The first-order valence-electron chi connectivity index (χ1n) is 20.1. The standard InChI is InChI=1S/C11H13F2NO2.C11H12FNO2.C10H10FNO2.C7H5F2NO3.C7H7F2NO/c1-6(2)11(15)14-7-4-5-8(16-3)10(13)9(7)12;1-6(2)11-13-7-4-5-8(14-3)9(12)10(7)15-11;1-5(2)10-12-6-3-4-7(13)8(11)9(6)14-10;1-13-5-3-2-4(10(11)12)6(8)7(5)9;1-11-5-3-2-4(10)6(8)7(5)9/h4-6H,1-3H3,(H,14,15);4-6H,1-3H3;3-5,13H,1-2H3;2-3H,1H3;2-3H,10H2,1H3. The van der Waals surface area contributed by atoms with E-state index >= 15 is 0 Å². The molecule has 0 radical (unpaired) electrons. The number of aromatic hydroxyl groups is 1. The zero-order valence-electron chi connectivity index (χ0n) is 38.6. The molecule has 1 amide bonds. The third-order valence-electron chi connectivity index (χ3n) is 8.97. The van der Waals surface area contributed by atoms with E-state index in [2.05, 4.69) is 29.5 Å². The summed E-state index contributed by atoms with van der Waals surface area (Å²) in [5.41, 5.74) is 4.91. The molecule has 0 spiro atoms. The highest BCUT2D eigenvalue weighted by molar-refractivity contribution is 5.92. The molecular weight excluding hydrogens is 935 g/mol. The van der Waals surface area contributed by atoms with Crippen LogP contribution in [0.15, 0.2) is 69.5 Å². The normalized spacial score (nSPS) is 10.6. The molecule has 23 heteroatoms. The molecule has 0 unspecified atom stereocenters. The van der Waals surface area contributed by atoms with Crippen LogP contribution in [0.4, 0.5) is 52.2 Å². The quantitative estimate of drug-likeness (QED) is 0.0533. The Balaban J connectivity index is 0.000000229. The zero-order valence-corrected chi connectivity index (χ0v) is 38.6. The van der Waals surface area contributed by atoms with Gasteiger partial charge in [-0.3, -0.25) is 14.9 Å². The lowest BCUT2D eigenvalue weighted by Gasteiger charge is -2.10. The second-order valence-electron chi connectivity index (χ2n) is 14.8. The number of rotatable bonds is 9. The maximum atomic E-state index is 13.7. The SMILES string of the molecule is CC(C)c1nc2ccc(O)c(F)c2o1.COc1ccc(N)c(F)c1F.COc1ccc(NC(=O)C(C)C)c(F)c1F.COc1ccc([N+](=O)[O-])c(F)c1F.COc1ccc2nc(C(C)C)oc2c1F. The molecule has 0 aliphatic rings. The number of fused-ring (bicyclic) bond motifs is 2. The number of benzene rings is 5. The lowest BCUT2D eigenvalue weighted by atomic mass is 10.2. The van der Waals surface area contributed by atoms with Gasteiger partial charge in [0, 0.05) is 23.8 Å². The predicted octanol–water partition coefficient (Wildman–Crippen LogP) is 11.9. The number of nitrogens with two attached hydrogens (primary N) is 1. The average molecular weight is 982 g/mol. The van der Waals surface area contributed by atoms with Gasteiger partial charge in [-0.05, 0) is 54.6 Å². The van der Waals surface area contributed by atoms with E-state index in [9.17, 15) is 50.0 Å². The van der Waals surface area contributed by atoms with Crippen molar-refractivity contribution in [1.29, 1.82) is 0 Å². The Morgan fingerprint density at radius 2 is 1.00 bits per heavy atom. The number of hydrogen-bond acceptors (Lipinski definition) is 13. The Morgan fingerprint density at radius 3 is 1.46 bits per heavy atom. The van der Waals surface area contributed by atoms with E-state index in [0.717, 1.165) is 19.2 Å². The number of ether oxygens (including phenoxy) is 4. The number of phenols is 1. The van der Waals surface area contributed by atoms with Gasteiger partial charge in [0.15, 0.2) is 63.3 Å². The Bertz CT molecular complexity index is 2890. The number of amides is 1. The molecule has 15 nitrogen and oxygen atoms in total. The molecule has 7 aromatic rings. The summed E-state index contributed by atoms with van der Waals surface area (Å²) in [6.07, 6.45) is 0. The van der Waals surface area contributed by atoms with Gasteiger partial charge in [0.1, 0.15) is 11.0 Å². The molecule has 0 aliphatic carbocycles. The number of nitro benzene ring substituents is 1. The number of oxazole rings is 2. The van der Waals surface area contributed by atoms with Gasteiger partial charge in [0.25, 0.3) is 0 Å². The molecule has 372 valence electrons. The molecule has 4 N–H and O–H groups in total. The summed E-state index contributed by atoms with van der Waals surface area (Å²) in [6, 6.07) is 12.9. The van der Waals surface area contributed by atoms with Gasteiger partial charge >= 0.3 is 5.69 Å². The first-order chi connectivity index (χ1) is 32.4. The minimum Gasteiger partial charge on any atom is -0.505 e. The van der Waals surface area contributed by atoms with E-state index < -0.39 is 62.9 Å². The minimum atomic E-state index is -1.51. The first kappa shape index (κ1) is 55.5. The molecule has 0 bridgehead atoms. The molecule has 7 rings (SSSR count). The van der Waals surface area contributed by atoms with Crippen LogP contribution < -0.4 is 30.0 Å². The third-order valence-corrected chi connectivity index (χ3v) is 8.97. The summed E-state index contributed by atoms with van der Waals surface area (Å²) >= 11 is 0. The van der Waals surface area contributed by atoms with Crippen LogP contribution in [-0.2, 0) is 4.79 Å². The third kappa shape index (κ3) is 13.9. The monoisotopic (exact) mass is 981 g/mol. The predicted molar refractivity (Wildman–Crippen MR) is 238 cm³/mol. The topological polar surface area (TPSA) is 207 Å². The first-order valence-corrected chi connectivity index (χ1v) is 20.1. The van der Waals surface area contributed by atoms with Crippen molar-refractivity contribution in [2.45, 2.75) is 53.4 Å². The molecule has 0 saturated carbocycles. The fourth-order valence-corrected chi connectivity index (χ4v) is 5.16. The number of nitrogens with one attached hydrogen (secondary N) is 1. The number of nitro groups is 1. The molecule has 5 aromatic carbocycles. The van der Waals surface area contributed by atoms with Crippen molar-refractivity contribution in [2.75, 3.05) is 39.5 Å². The molecule has 0 fully saturated rings. The van der Waals surface area contributed by atoms with Gasteiger partial charge in [-0.1, -0.05) is 41.5 Å². The van der Waals surface area contributed by atoms with Crippen LogP contribution in [0.1, 0.15) is 65.2 Å². The highest BCUT2D eigenvalue weighted by Crippen LogP contribution is 2.31. The number of methoxy groups -OCH3 is 4. The van der Waals surface area contributed by atoms with E-state index in [1.54, 1.807) is 26.0 Å². The van der Waals surface area contributed by atoms with Crippen molar-refractivity contribution in [2.24, 2.45) is 5.92 Å². The van der Waals surface area contributed by atoms with Crippen LogP contribution in [-0.4, -0.2) is 54.3 Å². The second kappa shape index (κ2) is 24.8. The number of aromatic nitrogens is 2. The maximum Gasteiger partial charge on any atom is 0.308 e. The van der Waals surface area contributed by atoms with Gasteiger partial charge in [-0.15, -0.1) is 0 Å². The Labute approximate surface area is 388 Å². The number of halogens is 8. The Kier molecular flexibility index (Phi) is 19.9. The van der Waals surface area contributed by atoms with Crippen LogP contribution in [0.25, 0.3) is 22.2 Å². The van der Waals surface area contributed by atoms with E-state index in [1.165, 1.54) is 57.7 Å². The highest BCUT2D eigenvalue weighted by atomic mass is 19.2. The summed E-state index contributed by atoms with van der Waals surface area (Å²) in [4.78, 5) is 28.7. The van der Waals surface area contributed by atoms with E-state index in [4.69, 9.17) is 24.4 Å². The van der Waals surface area contributed by atoms with Gasteiger partial charge in [-0.2, -0.15) is 26.3 Å². The van der Waals surface area contributed by atoms with Crippen molar-refractivity contribution in [1.82, 2.24) is 9.97 Å². The molecule has 2 heterocycles. The lowest BCUT2D eigenvalue weighted by Crippen LogP contribution is -2.18. The molecular formula is C46H47F8N5O10. The van der Waals surface area contributed by atoms with Crippen molar-refractivity contribution in [3.8, 4) is 28.7 Å². The van der Waals surface area contributed by atoms with Crippen molar-refractivity contribution < 1.29 is 77.7 Å². The lowest BCUT2D eigenvalue weighted by molar-refractivity contribution is -0.387. The summed E-state index contributed by atoms with van der Waals surface area (Å²) < 4.78 is 133. The van der Waals surface area contributed by atoms with Crippen LogP contribution >= 0.6 is 0 Å². The smallest absolute Gasteiger partial charge is 0.308 e. The highest BCUT2D eigenvalue weighted by Gasteiger charge is 2.22. The van der Waals surface area contributed by atoms with Crippen LogP contribution in [0, 0.1) is 62.6 Å². The number of carbonyl (C=O) groups is 1. The van der Waals surface area contributed by atoms with E-state index in [1.807, 2.05) is 27.7 Å². The van der Waals surface area contributed by atoms with E-state index in [-0.39, 0.29) is 69.2 Å². The minimum absolute atomic E-state index is 0.0219. The summed E-state index contributed by atoms with van der Waals surface area (Å²) in [6.45, 7) is 11.0. The molecule has 2 aromatic heterocycles. The number of phenolic OH excluding ortho intramolecular Hbond substituents is 1. The van der Waals surface area contributed by atoms with Crippen molar-refractivity contribution in [3.05, 3.63) is 129 Å². The fourth-order valence-electron chi connectivity index (χ4n) is 5.16. The molecule has 0 aliphatic heterocycles. The molecule has 0 atom stereocenters. The average Bonchev–Trinajstić information content (AvgIpc) is 3.97. The Morgan fingerprint density at radius 1 is 0.594 bits per heavy atom. The van der Waals surface area contributed by atoms with Gasteiger partial charge < -0.3 is 43.9 Å².